The number of H-pyrrole nitrogens is 1. The Morgan fingerprint density at radius 1 is 1.33 bits per heavy atom. The highest BCUT2D eigenvalue weighted by atomic mass is 16.1. The number of rotatable bonds is 6. The number of carbonyl (C=O) groups excluding carboxylic acids is 1. The molecule has 0 bridgehead atoms. The molecule has 1 aromatic heterocycles. The summed E-state index contributed by atoms with van der Waals surface area (Å²) in [6.07, 6.45) is 7.33. The fourth-order valence-electron chi connectivity index (χ4n) is 3.13. The van der Waals surface area contributed by atoms with Crippen molar-refractivity contribution in [3.05, 3.63) is 59.9 Å². The third-order valence-corrected chi connectivity index (χ3v) is 4.35. The van der Waals surface area contributed by atoms with Gasteiger partial charge in [0.15, 0.2) is 0 Å². The van der Waals surface area contributed by atoms with Crippen molar-refractivity contribution in [2.75, 3.05) is 19.6 Å². The second kappa shape index (κ2) is 8.45. The molecule has 5 nitrogen and oxygen atoms in total. The van der Waals surface area contributed by atoms with Crippen molar-refractivity contribution < 1.29 is 4.79 Å². The number of aromatic nitrogens is 2. The topological polar surface area (TPSA) is 61.0 Å². The lowest BCUT2D eigenvalue weighted by atomic mass is 9.97. The van der Waals surface area contributed by atoms with E-state index in [2.05, 4.69) is 50.7 Å². The maximum Gasteiger partial charge on any atom is 0.244 e. The van der Waals surface area contributed by atoms with Gasteiger partial charge < -0.3 is 5.32 Å². The Labute approximate surface area is 142 Å². The summed E-state index contributed by atoms with van der Waals surface area (Å²) in [5.41, 5.74) is 2.18. The summed E-state index contributed by atoms with van der Waals surface area (Å²) in [5, 5.41) is 9.66. The van der Waals surface area contributed by atoms with Crippen LogP contribution in [0.3, 0.4) is 0 Å². The minimum atomic E-state index is -0.0511. The molecule has 1 aliphatic rings. The summed E-state index contributed by atoms with van der Waals surface area (Å²) in [5.74, 6) is 0.469. The minimum Gasteiger partial charge on any atom is -0.352 e. The average molecular weight is 324 g/mol. The molecule has 1 amide bonds. The first kappa shape index (κ1) is 16.5. The van der Waals surface area contributed by atoms with Gasteiger partial charge in [-0.3, -0.25) is 14.8 Å². The van der Waals surface area contributed by atoms with Gasteiger partial charge in [-0.15, -0.1) is 0 Å². The van der Waals surface area contributed by atoms with E-state index >= 15 is 0 Å². The van der Waals surface area contributed by atoms with Crippen molar-refractivity contribution in [3.63, 3.8) is 0 Å². The Morgan fingerprint density at radius 2 is 2.21 bits per heavy atom. The summed E-state index contributed by atoms with van der Waals surface area (Å²) in [4.78, 5) is 14.4. The minimum absolute atomic E-state index is 0.0511. The van der Waals surface area contributed by atoms with Gasteiger partial charge in [0, 0.05) is 31.9 Å². The number of benzene rings is 1. The van der Waals surface area contributed by atoms with Crippen molar-refractivity contribution in [2.45, 2.75) is 19.4 Å². The van der Waals surface area contributed by atoms with Crippen LogP contribution in [0.25, 0.3) is 6.08 Å². The van der Waals surface area contributed by atoms with Gasteiger partial charge in [0.05, 0.1) is 5.69 Å². The number of aromatic amines is 1. The van der Waals surface area contributed by atoms with Gasteiger partial charge >= 0.3 is 0 Å². The Hall–Kier alpha value is -2.40. The quantitative estimate of drug-likeness (QED) is 0.803. The standard InChI is InChI=1S/C19H24N4O/c24-19(9-8-18-10-11-21-22-18)20-13-17-7-4-12-23(15-17)14-16-5-2-1-3-6-16/h1-3,5-6,8-11,17H,4,7,12-15H2,(H,20,24)(H,21,22)/b9-8+. The summed E-state index contributed by atoms with van der Waals surface area (Å²) >= 11 is 0. The van der Waals surface area contributed by atoms with E-state index in [0.717, 1.165) is 31.9 Å². The number of hydrogen-bond acceptors (Lipinski definition) is 3. The zero-order chi connectivity index (χ0) is 16.6. The summed E-state index contributed by atoms with van der Waals surface area (Å²) in [6, 6.07) is 12.4. The molecule has 2 aromatic rings. The fraction of sp³-hybridized carbons (Fsp3) is 0.368. The number of likely N-dealkylation sites (tertiary alicyclic amines) is 1. The van der Waals surface area contributed by atoms with Gasteiger partial charge in [-0.05, 0) is 43.0 Å². The second-order valence-corrected chi connectivity index (χ2v) is 6.32. The predicted molar refractivity (Wildman–Crippen MR) is 95.1 cm³/mol. The zero-order valence-electron chi connectivity index (χ0n) is 13.8. The lowest BCUT2D eigenvalue weighted by Crippen LogP contribution is -2.40. The molecule has 5 heteroatoms. The largest absolute Gasteiger partial charge is 0.352 e. The molecular weight excluding hydrogens is 300 g/mol. The van der Waals surface area contributed by atoms with Gasteiger partial charge in [-0.2, -0.15) is 5.10 Å². The van der Waals surface area contributed by atoms with E-state index in [9.17, 15) is 4.79 Å². The van der Waals surface area contributed by atoms with Crippen LogP contribution in [0, 0.1) is 5.92 Å². The van der Waals surface area contributed by atoms with Crippen molar-refractivity contribution in [1.82, 2.24) is 20.4 Å². The Kier molecular flexibility index (Phi) is 5.80. The number of nitrogens with zero attached hydrogens (tertiary/aromatic N) is 2. The van der Waals surface area contributed by atoms with Gasteiger partial charge in [0.1, 0.15) is 0 Å². The lowest BCUT2D eigenvalue weighted by Gasteiger charge is -2.32. The van der Waals surface area contributed by atoms with Gasteiger partial charge in [0.25, 0.3) is 0 Å². The second-order valence-electron chi connectivity index (χ2n) is 6.32. The predicted octanol–water partition coefficient (Wildman–Crippen LogP) is 2.45. The zero-order valence-corrected chi connectivity index (χ0v) is 13.8. The Balaban J connectivity index is 1.43. The van der Waals surface area contributed by atoms with Crippen molar-refractivity contribution in [2.24, 2.45) is 5.92 Å². The Bertz CT molecular complexity index is 651. The summed E-state index contributed by atoms with van der Waals surface area (Å²) < 4.78 is 0. The van der Waals surface area contributed by atoms with E-state index in [1.807, 2.05) is 6.07 Å². The number of piperidine rings is 1. The highest BCUT2D eigenvalue weighted by molar-refractivity contribution is 5.91. The van der Waals surface area contributed by atoms with Crippen molar-refractivity contribution >= 4 is 12.0 Å². The van der Waals surface area contributed by atoms with Crippen LogP contribution in [-0.4, -0.2) is 40.6 Å². The normalized spacial score (nSPS) is 18.8. The molecule has 2 N–H and O–H groups in total. The van der Waals surface area contributed by atoms with Gasteiger partial charge in [0.2, 0.25) is 5.91 Å². The molecule has 2 heterocycles. The van der Waals surface area contributed by atoms with Crippen LogP contribution in [-0.2, 0) is 11.3 Å². The molecule has 0 radical (unpaired) electrons. The molecule has 24 heavy (non-hydrogen) atoms. The first-order valence-electron chi connectivity index (χ1n) is 8.51. The highest BCUT2D eigenvalue weighted by Crippen LogP contribution is 2.18. The average Bonchev–Trinajstić information content (AvgIpc) is 3.13. The molecule has 0 aliphatic carbocycles. The number of nitrogens with one attached hydrogen (secondary N) is 2. The molecule has 1 aromatic carbocycles. The number of carbonyl (C=O) groups is 1. The van der Waals surface area contributed by atoms with Crippen molar-refractivity contribution in [3.8, 4) is 0 Å². The molecule has 0 saturated carbocycles. The third kappa shape index (κ3) is 5.06. The molecule has 1 fully saturated rings. The van der Waals surface area contributed by atoms with Crippen LogP contribution in [0.4, 0.5) is 0 Å². The van der Waals surface area contributed by atoms with E-state index in [4.69, 9.17) is 0 Å². The van der Waals surface area contributed by atoms with Gasteiger partial charge in [-0.25, -0.2) is 0 Å². The van der Waals surface area contributed by atoms with Crippen LogP contribution in [0.1, 0.15) is 24.1 Å². The monoisotopic (exact) mass is 324 g/mol. The molecule has 1 unspecified atom stereocenters. The first-order valence-corrected chi connectivity index (χ1v) is 8.51. The molecule has 0 spiro atoms. The number of hydrogen-bond donors (Lipinski definition) is 2. The molecule has 1 saturated heterocycles. The maximum absolute atomic E-state index is 11.9. The van der Waals surface area contributed by atoms with Crippen molar-refractivity contribution in [1.29, 1.82) is 0 Å². The van der Waals surface area contributed by atoms with E-state index in [0.29, 0.717) is 5.92 Å². The molecular formula is C19H24N4O. The van der Waals surface area contributed by atoms with Gasteiger partial charge in [-0.1, -0.05) is 30.3 Å². The summed E-state index contributed by atoms with van der Waals surface area (Å²) in [7, 11) is 0. The first-order chi connectivity index (χ1) is 11.8. The fourth-order valence-corrected chi connectivity index (χ4v) is 3.13. The number of amides is 1. The van der Waals surface area contributed by atoms with Crippen LogP contribution < -0.4 is 5.32 Å². The molecule has 1 aliphatic heterocycles. The Morgan fingerprint density at radius 3 is 3.00 bits per heavy atom. The smallest absolute Gasteiger partial charge is 0.244 e. The van der Waals surface area contributed by atoms with Crippen LogP contribution in [0.2, 0.25) is 0 Å². The van der Waals surface area contributed by atoms with E-state index < -0.39 is 0 Å². The van der Waals surface area contributed by atoms with Crippen LogP contribution in [0.15, 0.2) is 48.7 Å². The van der Waals surface area contributed by atoms with E-state index in [-0.39, 0.29) is 5.91 Å². The third-order valence-electron chi connectivity index (χ3n) is 4.35. The SMILES string of the molecule is O=C(/C=C/c1ccn[nH]1)NCC1CCCN(Cc2ccccc2)C1. The molecule has 3 rings (SSSR count). The molecule has 126 valence electrons. The maximum atomic E-state index is 11.9. The van der Waals surface area contributed by atoms with Crippen LogP contribution >= 0.6 is 0 Å². The van der Waals surface area contributed by atoms with E-state index in [1.54, 1.807) is 18.3 Å². The highest BCUT2D eigenvalue weighted by Gasteiger charge is 2.20. The van der Waals surface area contributed by atoms with Crippen LogP contribution in [0.5, 0.6) is 0 Å². The lowest BCUT2D eigenvalue weighted by molar-refractivity contribution is -0.116. The van der Waals surface area contributed by atoms with E-state index in [1.165, 1.54) is 18.4 Å². The summed E-state index contributed by atoms with van der Waals surface area (Å²) in [6.45, 7) is 3.90. The molecule has 1 atom stereocenters.